The maximum atomic E-state index is 13.4. The van der Waals surface area contributed by atoms with Gasteiger partial charge in [-0.05, 0) is 53.3 Å². The number of carbonyl (C=O) groups is 1. The van der Waals surface area contributed by atoms with E-state index in [1.54, 1.807) is 4.57 Å². The number of rotatable bonds is 5. The second-order valence-electron chi connectivity index (χ2n) is 9.47. The van der Waals surface area contributed by atoms with Gasteiger partial charge in [0.05, 0.1) is 17.6 Å². The van der Waals surface area contributed by atoms with Crippen LogP contribution in [-0.2, 0) is 17.8 Å². The molecule has 4 aromatic rings. The summed E-state index contributed by atoms with van der Waals surface area (Å²) in [4.78, 5) is 28.2. The Morgan fingerprint density at radius 2 is 1.67 bits per heavy atom. The van der Waals surface area contributed by atoms with Crippen LogP contribution in [-0.4, -0.2) is 32.9 Å². The molecule has 168 valence electrons. The number of nitrogens with zero attached hydrogens (tertiary/aromatic N) is 3. The van der Waals surface area contributed by atoms with E-state index in [1.807, 2.05) is 35.8 Å². The molecule has 1 saturated heterocycles. The Bertz CT molecular complexity index is 1420. The van der Waals surface area contributed by atoms with E-state index in [4.69, 9.17) is 0 Å². The standard InChI is InChI=1S/C28H29N3O2/c1-2-22(32)18-30-24-11-3-4-12-25(24)31(28(30)33)21-13-15-29(16-14-21)26-17-20-9-5-7-19-8-6-10-23(26)27(19)20/h3-12,21,26H,2,13-18H2,1H3/t26-/m1/s1. The number of aromatic nitrogens is 2. The van der Waals surface area contributed by atoms with Crippen molar-refractivity contribution in [3.8, 4) is 0 Å². The number of hydrogen-bond donors (Lipinski definition) is 0. The zero-order valence-electron chi connectivity index (χ0n) is 19.0. The quantitative estimate of drug-likeness (QED) is 0.446. The van der Waals surface area contributed by atoms with Gasteiger partial charge in [-0.1, -0.05) is 55.5 Å². The molecule has 1 aliphatic carbocycles. The largest absolute Gasteiger partial charge is 0.329 e. The molecule has 0 unspecified atom stereocenters. The minimum Gasteiger partial charge on any atom is -0.298 e. The molecular weight excluding hydrogens is 410 g/mol. The average Bonchev–Trinajstić information content (AvgIpc) is 3.36. The Labute approximate surface area is 193 Å². The van der Waals surface area contributed by atoms with Crippen molar-refractivity contribution in [2.75, 3.05) is 13.1 Å². The van der Waals surface area contributed by atoms with Gasteiger partial charge in [0.1, 0.15) is 0 Å². The Balaban J connectivity index is 1.27. The van der Waals surface area contributed by atoms with E-state index in [-0.39, 0.29) is 24.1 Å². The first kappa shape index (κ1) is 20.4. The summed E-state index contributed by atoms with van der Waals surface area (Å²) >= 11 is 0. The van der Waals surface area contributed by atoms with Crippen LogP contribution in [0.25, 0.3) is 21.8 Å². The summed E-state index contributed by atoms with van der Waals surface area (Å²) in [5.74, 6) is 0.0878. The van der Waals surface area contributed by atoms with Crippen molar-refractivity contribution in [2.45, 2.75) is 51.2 Å². The van der Waals surface area contributed by atoms with E-state index in [0.717, 1.165) is 43.4 Å². The van der Waals surface area contributed by atoms with Gasteiger partial charge in [-0.3, -0.25) is 18.8 Å². The normalized spacial score (nSPS) is 19.0. The molecule has 33 heavy (non-hydrogen) atoms. The summed E-state index contributed by atoms with van der Waals surface area (Å²) in [5, 5.41) is 2.77. The smallest absolute Gasteiger partial charge is 0.298 e. The van der Waals surface area contributed by atoms with E-state index in [0.29, 0.717) is 12.5 Å². The fourth-order valence-electron chi connectivity index (χ4n) is 6.02. The zero-order valence-corrected chi connectivity index (χ0v) is 19.0. The highest BCUT2D eigenvalue weighted by molar-refractivity contribution is 5.91. The maximum Gasteiger partial charge on any atom is 0.329 e. The minimum atomic E-state index is -0.0468. The molecule has 2 aliphatic rings. The third-order valence-corrected chi connectivity index (χ3v) is 7.70. The first-order chi connectivity index (χ1) is 16.2. The summed E-state index contributed by atoms with van der Waals surface area (Å²) in [5.41, 5.74) is 4.67. The first-order valence-electron chi connectivity index (χ1n) is 12.1. The fraction of sp³-hybridized carbons (Fsp3) is 0.357. The molecule has 0 amide bonds. The summed E-state index contributed by atoms with van der Waals surface area (Å²) < 4.78 is 3.63. The molecule has 3 aromatic carbocycles. The van der Waals surface area contributed by atoms with E-state index >= 15 is 0 Å². The molecule has 0 radical (unpaired) electrons. The number of para-hydroxylation sites is 2. The minimum absolute atomic E-state index is 0.0468. The molecule has 5 nitrogen and oxygen atoms in total. The molecule has 0 spiro atoms. The summed E-state index contributed by atoms with van der Waals surface area (Å²) in [7, 11) is 0. The van der Waals surface area contributed by atoms with Crippen molar-refractivity contribution >= 4 is 27.6 Å². The van der Waals surface area contributed by atoms with Gasteiger partial charge in [-0.15, -0.1) is 0 Å². The molecule has 6 rings (SSSR count). The first-order valence-corrected chi connectivity index (χ1v) is 12.1. The van der Waals surface area contributed by atoms with Crippen molar-refractivity contribution in [2.24, 2.45) is 0 Å². The molecule has 1 atom stereocenters. The van der Waals surface area contributed by atoms with Crippen LogP contribution in [0.5, 0.6) is 0 Å². The number of benzene rings is 3. The van der Waals surface area contributed by atoms with E-state index < -0.39 is 0 Å². The molecule has 0 N–H and O–H groups in total. The molecule has 1 aromatic heterocycles. The second-order valence-corrected chi connectivity index (χ2v) is 9.47. The zero-order chi connectivity index (χ0) is 22.5. The lowest BCUT2D eigenvalue weighted by molar-refractivity contribution is -0.119. The molecule has 1 fully saturated rings. The van der Waals surface area contributed by atoms with Gasteiger partial charge in [-0.2, -0.15) is 0 Å². The number of carbonyl (C=O) groups excluding carboxylic acids is 1. The average molecular weight is 440 g/mol. The highest BCUT2D eigenvalue weighted by Crippen LogP contribution is 2.41. The highest BCUT2D eigenvalue weighted by atomic mass is 16.2. The van der Waals surface area contributed by atoms with Gasteiger partial charge >= 0.3 is 5.69 Å². The summed E-state index contributed by atoms with van der Waals surface area (Å²) in [6.07, 6.45) is 3.40. The third-order valence-electron chi connectivity index (χ3n) is 7.70. The molecular formula is C28H29N3O2. The Hall–Kier alpha value is -3.18. The van der Waals surface area contributed by atoms with Crippen LogP contribution in [0.2, 0.25) is 0 Å². The number of piperidine rings is 1. The lowest BCUT2D eigenvalue weighted by Gasteiger charge is -2.36. The number of imidazole rings is 1. The monoisotopic (exact) mass is 439 g/mol. The van der Waals surface area contributed by atoms with Crippen molar-refractivity contribution in [3.05, 3.63) is 82.3 Å². The van der Waals surface area contributed by atoms with Crippen LogP contribution >= 0.6 is 0 Å². The predicted molar refractivity (Wildman–Crippen MR) is 132 cm³/mol. The summed E-state index contributed by atoms with van der Waals surface area (Å²) in [6.45, 7) is 3.95. The Morgan fingerprint density at radius 3 is 2.42 bits per heavy atom. The van der Waals surface area contributed by atoms with Gasteiger partial charge in [-0.25, -0.2) is 4.79 Å². The topological polar surface area (TPSA) is 47.2 Å². The fourth-order valence-corrected chi connectivity index (χ4v) is 6.02. The number of Topliss-reactive ketones (excluding diaryl/α,β-unsaturated/α-hetero) is 1. The molecule has 0 bridgehead atoms. The molecule has 5 heteroatoms. The van der Waals surface area contributed by atoms with Crippen LogP contribution in [0.15, 0.2) is 65.5 Å². The number of likely N-dealkylation sites (tertiary alicyclic amines) is 1. The maximum absolute atomic E-state index is 13.4. The van der Waals surface area contributed by atoms with E-state index in [1.165, 1.54) is 21.9 Å². The van der Waals surface area contributed by atoms with Crippen molar-refractivity contribution in [1.29, 1.82) is 0 Å². The number of fused-ring (bicyclic) bond motifs is 1. The second kappa shape index (κ2) is 7.99. The number of hydrogen-bond acceptors (Lipinski definition) is 3. The third kappa shape index (κ3) is 3.25. The van der Waals surface area contributed by atoms with Crippen molar-refractivity contribution in [1.82, 2.24) is 14.0 Å². The van der Waals surface area contributed by atoms with Gasteiger partial charge < -0.3 is 0 Å². The Kier molecular flexibility index (Phi) is 4.95. The van der Waals surface area contributed by atoms with Gasteiger partial charge in [0.25, 0.3) is 0 Å². The highest BCUT2D eigenvalue weighted by Gasteiger charge is 2.33. The van der Waals surface area contributed by atoms with Gasteiger partial charge in [0, 0.05) is 31.6 Å². The molecule has 1 aliphatic heterocycles. The van der Waals surface area contributed by atoms with Crippen LogP contribution in [0.3, 0.4) is 0 Å². The van der Waals surface area contributed by atoms with Crippen LogP contribution in [0.4, 0.5) is 0 Å². The lowest BCUT2D eigenvalue weighted by Crippen LogP contribution is -2.40. The van der Waals surface area contributed by atoms with Crippen LogP contribution < -0.4 is 5.69 Å². The van der Waals surface area contributed by atoms with E-state index in [9.17, 15) is 9.59 Å². The molecule has 2 heterocycles. The van der Waals surface area contributed by atoms with Crippen LogP contribution in [0.1, 0.15) is 49.4 Å². The summed E-state index contributed by atoms with van der Waals surface area (Å²) in [6, 6.07) is 21.8. The van der Waals surface area contributed by atoms with Crippen molar-refractivity contribution in [3.63, 3.8) is 0 Å². The predicted octanol–water partition coefficient (Wildman–Crippen LogP) is 4.87. The SMILES string of the molecule is CCC(=O)Cn1c(=O)n(C2CCN([C@@H]3Cc4cccc5cccc3c45)CC2)c2ccccc21. The van der Waals surface area contributed by atoms with Gasteiger partial charge in [0.15, 0.2) is 5.78 Å². The van der Waals surface area contributed by atoms with Gasteiger partial charge in [0.2, 0.25) is 0 Å². The van der Waals surface area contributed by atoms with E-state index in [2.05, 4.69) is 41.3 Å². The molecule has 0 saturated carbocycles. The van der Waals surface area contributed by atoms with Crippen LogP contribution in [0, 0.1) is 0 Å². The number of ketones is 1. The van der Waals surface area contributed by atoms with Crippen molar-refractivity contribution < 1.29 is 4.79 Å². The Morgan fingerprint density at radius 1 is 0.939 bits per heavy atom. The lowest BCUT2D eigenvalue weighted by atomic mass is 9.99.